The smallest absolute Gasteiger partial charge is 0.157 e. The molecule has 0 amide bonds. The molecular formula is C13H29ClO2Si. The van der Waals surface area contributed by atoms with E-state index >= 15 is 0 Å². The fourth-order valence-electron chi connectivity index (χ4n) is 1.65. The molecule has 0 spiro atoms. The highest BCUT2D eigenvalue weighted by Gasteiger charge is 2.08. The molecular weight excluding hydrogens is 252 g/mol. The molecule has 0 heterocycles. The molecule has 0 fully saturated rings. The van der Waals surface area contributed by atoms with Gasteiger partial charge >= 0.3 is 0 Å². The van der Waals surface area contributed by atoms with Gasteiger partial charge in [-0.2, -0.15) is 0 Å². The van der Waals surface area contributed by atoms with Crippen LogP contribution in [0.15, 0.2) is 0 Å². The molecule has 0 saturated heterocycles. The van der Waals surface area contributed by atoms with Gasteiger partial charge < -0.3 is 9.47 Å². The molecule has 0 N–H and O–H groups in total. The average Bonchev–Trinajstić information content (AvgIpc) is 2.35. The molecule has 2 nitrogen and oxygen atoms in total. The molecule has 0 aromatic carbocycles. The molecule has 17 heavy (non-hydrogen) atoms. The highest BCUT2D eigenvalue weighted by Crippen LogP contribution is 2.09. The molecule has 0 atom stereocenters. The summed E-state index contributed by atoms with van der Waals surface area (Å²) in [6.45, 7) is 5.90. The predicted octanol–water partition coefficient (Wildman–Crippen LogP) is 3.58. The van der Waals surface area contributed by atoms with Crippen LogP contribution in [0.25, 0.3) is 0 Å². The lowest BCUT2D eigenvalue weighted by atomic mass is 10.3. The molecule has 4 heteroatoms. The number of hydrogen-bond acceptors (Lipinski definition) is 2. The Kier molecular flexibility index (Phi) is 14.9. The van der Waals surface area contributed by atoms with E-state index in [0.29, 0.717) is 0 Å². The molecule has 0 aromatic rings. The van der Waals surface area contributed by atoms with Crippen molar-refractivity contribution in [2.75, 3.05) is 19.1 Å². The Bertz CT molecular complexity index is 139. The summed E-state index contributed by atoms with van der Waals surface area (Å²) in [5.41, 5.74) is 0. The molecule has 0 saturated carbocycles. The van der Waals surface area contributed by atoms with Gasteiger partial charge in [0.25, 0.3) is 0 Å². The molecule has 0 radical (unpaired) electrons. The lowest BCUT2D eigenvalue weighted by molar-refractivity contribution is -0.145. The van der Waals surface area contributed by atoms with E-state index in [0.717, 1.165) is 38.4 Å². The predicted molar refractivity (Wildman–Crippen MR) is 79.0 cm³/mol. The summed E-state index contributed by atoms with van der Waals surface area (Å²) in [4.78, 5) is 0. The standard InChI is InChI=1S/C13H29ClO2Si/c1-3-9-15-13(16-10-4-2)7-5-11-17-12-6-8-14/h13H,3-12,17H2,1-2H3. The first-order chi connectivity index (χ1) is 8.35. The van der Waals surface area contributed by atoms with Crippen LogP contribution in [0.5, 0.6) is 0 Å². The summed E-state index contributed by atoms with van der Waals surface area (Å²) in [5, 5.41) is 0. The SMILES string of the molecule is CCCOC(CCC[SiH2]CCCCl)OCCC. The van der Waals surface area contributed by atoms with Crippen molar-refractivity contribution in [2.24, 2.45) is 0 Å². The number of rotatable bonds is 13. The van der Waals surface area contributed by atoms with E-state index < -0.39 is 0 Å². The molecule has 104 valence electrons. The second kappa shape index (κ2) is 14.5. The average molecular weight is 281 g/mol. The molecule has 0 rings (SSSR count). The van der Waals surface area contributed by atoms with Crippen LogP contribution < -0.4 is 0 Å². The van der Waals surface area contributed by atoms with Gasteiger partial charge in [-0.3, -0.25) is 0 Å². The Labute approximate surface area is 114 Å². The third-order valence-corrected chi connectivity index (χ3v) is 4.86. The topological polar surface area (TPSA) is 18.5 Å². The van der Waals surface area contributed by atoms with E-state index in [9.17, 15) is 0 Å². The van der Waals surface area contributed by atoms with Crippen LogP contribution in [0.1, 0.15) is 46.0 Å². The van der Waals surface area contributed by atoms with Gasteiger partial charge in [0.2, 0.25) is 0 Å². The minimum atomic E-state index is 0.0388. The Hall–Kier alpha value is 0.427. The summed E-state index contributed by atoms with van der Waals surface area (Å²) in [6.07, 6.45) is 5.69. The maximum Gasteiger partial charge on any atom is 0.157 e. The van der Waals surface area contributed by atoms with Crippen molar-refractivity contribution < 1.29 is 9.47 Å². The van der Waals surface area contributed by atoms with Gasteiger partial charge in [-0.1, -0.05) is 32.4 Å². The van der Waals surface area contributed by atoms with Crippen molar-refractivity contribution in [1.82, 2.24) is 0 Å². The molecule has 0 aliphatic carbocycles. The summed E-state index contributed by atoms with van der Waals surface area (Å²) >= 11 is 5.66. The van der Waals surface area contributed by atoms with Crippen molar-refractivity contribution >= 4 is 21.1 Å². The van der Waals surface area contributed by atoms with E-state index in [1.807, 2.05) is 0 Å². The lowest BCUT2D eigenvalue weighted by Gasteiger charge is -2.17. The van der Waals surface area contributed by atoms with Gasteiger partial charge in [0.15, 0.2) is 6.29 Å². The number of alkyl halides is 1. The minimum Gasteiger partial charge on any atom is -0.353 e. The quantitative estimate of drug-likeness (QED) is 0.222. The zero-order valence-corrected chi connectivity index (χ0v) is 13.7. The Morgan fingerprint density at radius 1 is 1.00 bits per heavy atom. The summed E-state index contributed by atoms with van der Waals surface area (Å²) < 4.78 is 11.4. The van der Waals surface area contributed by atoms with Crippen molar-refractivity contribution in [2.45, 2.75) is 64.3 Å². The van der Waals surface area contributed by atoms with Crippen LogP contribution in [0.2, 0.25) is 12.1 Å². The third kappa shape index (κ3) is 12.7. The fourth-order valence-corrected chi connectivity index (χ4v) is 3.75. The van der Waals surface area contributed by atoms with E-state index in [4.69, 9.17) is 21.1 Å². The van der Waals surface area contributed by atoms with Gasteiger partial charge in [0.1, 0.15) is 0 Å². The van der Waals surface area contributed by atoms with Gasteiger partial charge in [0.05, 0.1) is 0 Å². The normalized spacial score (nSPS) is 12.0. The van der Waals surface area contributed by atoms with Crippen LogP contribution in [-0.2, 0) is 9.47 Å². The lowest BCUT2D eigenvalue weighted by Crippen LogP contribution is -2.18. The van der Waals surface area contributed by atoms with Gasteiger partial charge in [0, 0.05) is 28.6 Å². The fraction of sp³-hybridized carbons (Fsp3) is 1.00. The Balaban J connectivity index is 3.45. The molecule has 0 bridgehead atoms. The third-order valence-electron chi connectivity index (χ3n) is 2.59. The van der Waals surface area contributed by atoms with Crippen LogP contribution in [-0.4, -0.2) is 34.9 Å². The number of halogens is 1. The van der Waals surface area contributed by atoms with Crippen molar-refractivity contribution in [1.29, 1.82) is 0 Å². The molecule has 0 aliphatic rings. The van der Waals surface area contributed by atoms with E-state index in [-0.39, 0.29) is 15.8 Å². The van der Waals surface area contributed by atoms with Crippen LogP contribution in [0.3, 0.4) is 0 Å². The molecule has 0 aromatic heterocycles. The molecule has 0 aliphatic heterocycles. The van der Waals surface area contributed by atoms with Crippen molar-refractivity contribution in [3.05, 3.63) is 0 Å². The first kappa shape index (κ1) is 17.4. The minimum absolute atomic E-state index is 0.0388. The number of hydrogen-bond donors (Lipinski definition) is 0. The highest BCUT2D eigenvalue weighted by atomic mass is 35.5. The zero-order valence-electron chi connectivity index (χ0n) is 11.5. The van der Waals surface area contributed by atoms with Crippen LogP contribution >= 0.6 is 11.6 Å². The highest BCUT2D eigenvalue weighted by molar-refractivity contribution is 6.35. The summed E-state index contributed by atoms with van der Waals surface area (Å²) in [7, 11) is 0.123. The maximum absolute atomic E-state index is 5.69. The first-order valence-electron chi connectivity index (χ1n) is 7.14. The monoisotopic (exact) mass is 280 g/mol. The van der Waals surface area contributed by atoms with E-state index in [1.54, 1.807) is 0 Å². The van der Waals surface area contributed by atoms with E-state index in [1.165, 1.54) is 24.9 Å². The Morgan fingerprint density at radius 2 is 1.59 bits per heavy atom. The maximum atomic E-state index is 5.69. The zero-order chi connectivity index (χ0) is 12.8. The summed E-state index contributed by atoms with van der Waals surface area (Å²) in [6, 6.07) is 2.79. The van der Waals surface area contributed by atoms with Gasteiger partial charge in [-0.25, -0.2) is 0 Å². The largest absolute Gasteiger partial charge is 0.353 e. The first-order valence-corrected chi connectivity index (χ1v) is 9.67. The van der Waals surface area contributed by atoms with E-state index in [2.05, 4.69) is 13.8 Å². The molecule has 0 unspecified atom stereocenters. The number of ether oxygens (including phenoxy) is 2. The van der Waals surface area contributed by atoms with Crippen LogP contribution in [0.4, 0.5) is 0 Å². The summed E-state index contributed by atoms with van der Waals surface area (Å²) in [5.74, 6) is 0.828. The van der Waals surface area contributed by atoms with Crippen molar-refractivity contribution in [3.8, 4) is 0 Å². The Morgan fingerprint density at radius 3 is 2.12 bits per heavy atom. The van der Waals surface area contributed by atoms with Crippen LogP contribution in [0, 0.1) is 0 Å². The van der Waals surface area contributed by atoms with Gasteiger partial charge in [-0.05, 0) is 25.7 Å². The second-order valence-corrected chi connectivity index (χ2v) is 6.92. The van der Waals surface area contributed by atoms with Crippen molar-refractivity contribution in [3.63, 3.8) is 0 Å². The second-order valence-electron chi connectivity index (χ2n) is 4.42. The van der Waals surface area contributed by atoms with Gasteiger partial charge in [-0.15, -0.1) is 11.6 Å².